The van der Waals surface area contributed by atoms with Crippen molar-refractivity contribution < 1.29 is 9.60 Å². The van der Waals surface area contributed by atoms with E-state index in [4.69, 9.17) is 18.2 Å². The van der Waals surface area contributed by atoms with Crippen LogP contribution in [0.1, 0.15) is 9.60 Å². The van der Waals surface area contributed by atoms with Crippen LogP contribution in [0.4, 0.5) is 0 Å². The largest absolute Gasteiger partial charge is 0.308 e. The van der Waals surface area contributed by atoms with Gasteiger partial charge in [0, 0.05) is 37.9 Å². The first-order valence-corrected chi connectivity index (χ1v) is 15.1. The Hall–Kier alpha value is -6.26. The van der Waals surface area contributed by atoms with Crippen LogP contribution in [0.5, 0.6) is 0 Å². The molecule has 212 valence electrons. The van der Waals surface area contributed by atoms with E-state index >= 15 is 0 Å². The summed E-state index contributed by atoms with van der Waals surface area (Å²) in [5, 5.41) is 5.07. The smallest absolute Gasteiger partial charge is 0.165 e. The van der Waals surface area contributed by atoms with Crippen LogP contribution in [0.3, 0.4) is 0 Å². The van der Waals surface area contributed by atoms with Crippen molar-refractivity contribution in [1.29, 1.82) is 0 Å². The van der Waals surface area contributed by atoms with Crippen molar-refractivity contribution in [3.8, 4) is 17.1 Å². The Morgan fingerprint density at radius 3 is 2.13 bits per heavy atom. The van der Waals surface area contributed by atoms with Gasteiger partial charge in [0.25, 0.3) is 0 Å². The average molecular weight is 592 g/mol. The van der Waals surface area contributed by atoms with Gasteiger partial charge in [-0.1, -0.05) is 115 Å². The molecule has 0 bridgehead atoms. The Morgan fingerprint density at radius 1 is 0.500 bits per heavy atom. The lowest BCUT2D eigenvalue weighted by atomic mass is 10.0. The van der Waals surface area contributed by atoms with E-state index in [0.717, 1.165) is 49.2 Å². The molecule has 0 radical (unpaired) electrons. The highest BCUT2D eigenvalue weighted by atomic mass is 15.1. The summed E-state index contributed by atoms with van der Waals surface area (Å²) in [7, 11) is 0. The first-order chi connectivity index (χ1) is 25.8. The molecule has 0 saturated heterocycles. The molecule has 0 atom stereocenters. The van der Waals surface area contributed by atoms with Gasteiger partial charge in [0.1, 0.15) is 5.69 Å². The highest BCUT2D eigenvalue weighted by Crippen LogP contribution is 2.44. The zero-order chi connectivity index (χ0) is 36.0. The maximum Gasteiger partial charge on any atom is 0.165 e. The molecule has 11 rings (SSSR count). The van der Waals surface area contributed by atoms with Crippen LogP contribution in [0, 0.1) is 0 Å². The summed E-state index contributed by atoms with van der Waals surface area (Å²) in [6.45, 7) is 0. The number of benzene rings is 7. The van der Waals surface area contributed by atoms with Gasteiger partial charge in [0.15, 0.2) is 5.82 Å². The van der Waals surface area contributed by atoms with E-state index in [1.165, 1.54) is 0 Å². The van der Waals surface area contributed by atoms with Gasteiger partial charge in [-0.15, -0.1) is 0 Å². The van der Waals surface area contributed by atoms with E-state index in [-0.39, 0.29) is 46.5 Å². The van der Waals surface area contributed by atoms with E-state index in [1.54, 1.807) is 4.40 Å². The molecular weight excluding hydrogens is 560 g/mol. The van der Waals surface area contributed by atoms with Gasteiger partial charge in [-0.2, -0.15) is 0 Å². The van der Waals surface area contributed by atoms with Gasteiger partial charge in [-0.05, 0) is 41.1 Å². The molecule has 0 aliphatic heterocycles. The van der Waals surface area contributed by atoms with Crippen LogP contribution in [0.25, 0.3) is 98.8 Å². The van der Waals surface area contributed by atoms with Gasteiger partial charge in [-0.3, -0.25) is 4.57 Å². The summed E-state index contributed by atoms with van der Waals surface area (Å²) in [5.41, 5.74) is 5.90. The minimum atomic E-state index is -0.413. The number of para-hydroxylation sites is 2. The van der Waals surface area contributed by atoms with Gasteiger partial charge in [0.05, 0.1) is 48.2 Å². The molecule has 0 fully saturated rings. The Kier molecular flexibility index (Phi) is 3.49. The van der Waals surface area contributed by atoms with Gasteiger partial charge in [0.2, 0.25) is 0 Å². The van der Waals surface area contributed by atoms with Gasteiger partial charge >= 0.3 is 0 Å². The molecule has 4 heterocycles. The molecule has 0 unspecified atom stereocenters. The second-order valence-electron chi connectivity index (χ2n) is 11.7. The molecule has 0 aliphatic rings. The highest BCUT2D eigenvalue weighted by molar-refractivity contribution is 6.31. The summed E-state index contributed by atoms with van der Waals surface area (Å²) in [6, 6.07) is 31.7. The molecule has 11 aromatic rings. The maximum absolute atomic E-state index is 9.34. The van der Waals surface area contributed by atoms with Crippen molar-refractivity contribution in [2.45, 2.75) is 0 Å². The van der Waals surface area contributed by atoms with Crippen molar-refractivity contribution in [2.75, 3.05) is 0 Å². The Labute approximate surface area is 272 Å². The SMILES string of the molecule is [2H]c1c([2H])c([2H])c2c(c1[2H])c1c([2H])c([2H])c([2H])c3c4cccc5c4c4c(cccc4n2c31)n5-c1nc2c(ccc3ccccc32)nc1-c1ccccc1. The Bertz CT molecular complexity index is 3420. The second-order valence-corrected chi connectivity index (χ2v) is 11.7. The Morgan fingerprint density at radius 2 is 1.22 bits per heavy atom. The summed E-state index contributed by atoms with van der Waals surface area (Å²) in [5.74, 6) is 0.605. The predicted octanol–water partition coefficient (Wildman–Crippen LogP) is 10.7. The van der Waals surface area contributed by atoms with Crippen LogP contribution < -0.4 is 0 Å². The fourth-order valence-electron chi connectivity index (χ4n) is 7.45. The lowest BCUT2D eigenvalue weighted by Gasteiger charge is -2.15. The molecule has 4 heteroatoms. The van der Waals surface area contributed by atoms with E-state index in [2.05, 4.69) is 22.8 Å². The molecule has 7 aromatic carbocycles. The van der Waals surface area contributed by atoms with Crippen LogP contribution in [0.2, 0.25) is 0 Å². The lowest BCUT2D eigenvalue weighted by molar-refractivity contribution is 1.08. The molecule has 0 aliphatic carbocycles. The predicted molar refractivity (Wildman–Crippen MR) is 191 cm³/mol. The van der Waals surface area contributed by atoms with Crippen LogP contribution in [-0.2, 0) is 0 Å². The number of rotatable bonds is 2. The van der Waals surface area contributed by atoms with Crippen molar-refractivity contribution in [2.24, 2.45) is 0 Å². The highest BCUT2D eigenvalue weighted by Gasteiger charge is 2.24. The third-order valence-corrected chi connectivity index (χ3v) is 9.32. The molecule has 0 saturated carbocycles. The zero-order valence-corrected chi connectivity index (χ0v) is 24.1. The topological polar surface area (TPSA) is 35.1 Å². The van der Waals surface area contributed by atoms with E-state index < -0.39 is 12.1 Å². The molecule has 0 amide bonds. The van der Waals surface area contributed by atoms with Gasteiger partial charge < -0.3 is 4.40 Å². The molecule has 4 aromatic heterocycles. The van der Waals surface area contributed by atoms with Gasteiger partial charge in [-0.25, -0.2) is 9.97 Å². The third-order valence-electron chi connectivity index (χ3n) is 9.32. The second kappa shape index (κ2) is 8.68. The number of aromatic nitrogens is 4. The van der Waals surface area contributed by atoms with Crippen molar-refractivity contribution in [1.82, 2.24) is 18.9 Å². The zero-order valence-electron chi connectivity index (χ0n) is 31.1. The van der Waals surface area contributed by atoms with Crippen molar-refractivity contribution >= 4 is 81.7 Å². The number of hydrogen-bond donors (Lipinski definition) is 0. The van der Waals surface area contributed by atoms with Crippen molar-refractivity contribution in [3.05, 3.63) is 145 Å². The van der Waals surface area contributed by atoms with E-state index in [1.807, 2.05) is 84.9 Å². The average Bonchev–Trinajstić information content (AvgIpc) is 3.68. The minimum absolute atomic E-state index is 0.148. The summed E-state index contributed by atoms with van der Waals surface area (Å²) in [4.78, 5) is 10.7. The minimum Gasteiger partial charge on any atom is -0.308 e. The Balaban J connectivity index is 1.44. The molecule has 46 heavy (non-hydrogen) atoms. The van der Waals surface area contributed by atoms with Crippen LogP contribution in [0.15, 0.2) is 145 Å². The standard InChI is InChI=1S/C42H24N4/c1-2-12-26(13-3-1)39-42(44-40-27-14-5-4-11-25(27)23-24-32(40)43-39)46-34-20-9-16-29-31-18-8-17-30-28-15-6-7-19-33(28)45(41(30)31)35-21-10-22-36(46)38(35)37(29)34/h1-24H/i6D,7D,8D,15D,17D,18D,19D. The summed E-state index contributed by atoms with van der Waals surface area (Å²) >= 11 is 0. The molecular formula is C42H24N4. The number of nitrogens with zero attached hydrogens (tertiary/aromatic N) is 4. The number of fused-ring (bicyclic) bond motifs is 8. The first kappa shape index (κ1) is 18.5. The maximum atomic E-state index is 9.34. The monoisotopic (exact) mass is 591 g/mol. The summed E-state index contributed by atoms with van der Waals surface area (Å²) in [6.07, 6.45) is 0. The number of hydrogen-bond acceptors (Lipinski definition) is 2. The normalized spacial score (nSPS) is 14.5. The molecule has 4 nitrogen and oxygen atoms in total. The van der Waals surface area contributed by atoms with E-state index in [0.29, 0.717) is 33.3 Å². The molecule has 0 N–H and O–H groups in total. The quantitative estimate of drug-likeness (QED) is 0.188. The fourth-order valence-corrected chi connectivity index (χ4v) is 7.45. The first-order valence-electron chi connectivity index (χ1n) is 18.6. The van der Waals surface area contributed by atoms with Crippen LogP contribution in [-0.4, -0.2) is 18.9 Å². The lowest BCUT2D eigenvalue weighted by Crippen LogP contribution is -2.04. The molecule has 0 spiro atoms. The third kappa shape index (κ3) is 2.98. The van der Waals surface area contributed by atoms with E-state index in [9.17, 15) is 1.37 Å². The van der Waals surface area contributed by atoms with Crippen LogP contribution >= 0.6 is 0 Å². The van der Waals surface area contributed by atoms with Crippen molar-refractivity contribution in [3.63, 3.8) is 0 Å². The summed E-state index contributed by atoms with van der Waals surface area (Å²) < 4.78 is 66.6. The fraction of sp³-hybridized carbons (Fsp3) is 0.